The first-order valence-corrected chi connectivity index (χ1v) is 11.6. The highest BCUT2D eigenvalue weighted by molar-refractivity contribution is 7.89. The molecule has 0 aromatic heterocycles. The molecular formula is C22H24N2O5S. The maximum atomic E-state index is 13.9. The number of allylic oxidation sites excluding steroid dienone is 1. The first-order chi connectivity index (χ1) is 14.4. The van der Waals surface area contributed by atoms with Gasteiger partial charge in [0.05, 0.1) is 17.1 Å². The van der Waals surface area contributed by atoms with Crippen LogP contribution in [0.25, 0.3) is 0 Å². The normalized spacial score (nSPS) is 22.4. The molecule has 7 nitrogen and oxygen atoms in total. The van der Waals surface area contributed by atoms with Crippen LogP contribution in [0.4, 0.5) is 5.69 Å². The average Bonchev–Trinajstić information content (AvgIpc) is 3.00. The highest BCUT2D eigenvalue weighted by Crippen LogP contribution is 2.46. The lowest BCUT2D eigenvalue weighted by Gasteiger charge is -2.41. The molecule has 1 aliphatic carbocycles. The Bertz CT molecular complexity index is 1080. The van der Waals surface area contributed by atoms with Gasteiger partial charge in [0, 0.05) is 18.2 Å². The van der Waals surface area contributed by atoms with Gasteiger partial charge in [-0.05, 0) is 42.9 Å². The summed E-state index contributed by atoms with van der Waals surface area (Å²) in [6, 6.07) is 14.0. The van der Waals surface area contributed by atoms with Gasteiger partial charge >= 0.3 is 0 Å². The Hall–Kier alpha value is -2.71. The molecule has 0 bridgehead atoms. The highest BCUT2D eigenvalue weighted by atomic mass is 32.2. The number of hydrogen-bond donors (Lipinski definition) is 1. The Kier molecular flexibility index (Phi) is 5.62. The van der Waals surface area contributed by atoms with Crippen LogP contribution in [0, 0.1) is 10.1 Å². The standard InChI is InChI=1S/C22H24N2O5S/c25-21-15-20(16-9-3-1-4-10-16)23(18-12-6-2-5-11-17(18)21)30(28,29)22-14-8-7-13-19(22)24(26)27/h1,3-4,7-10,13-14,20-21,25H,2,5-6,11-12,15H2/t20-,21-/m1/s1. The molecule has 0 spiro atoms. The SMILES string of the molecule is O=[N+]([O-])c1ccccc1S(=O)(=O)N1C2=C(CCCCC2)[C@H](O)C[C@@H]1c1ccccc1. The summed E-state index contributed by atoms with van der Waals surface area (Å²) in [5, 5.41) is 22.4. The predicted octanol–water partition coefficient (Wildman–Crippen LogP) is 4.31. The predicted molar refractivity (Wildman–Crippen MR) is 112 cm³/mol. The zero-order valence-electron chi connectivity index (χ0n) is 16.5. The van der Waals surface area contributed by atoms with E-state index in [2.05, 4.69) is 0 Å². The third-order valence-electron chi connectivity index (χ3n) is 5.91. The molecule has 2 aromatic rings. The van der Waals surface area contributed by atoms with E-state index in [9.17, 15) is 23.6 Å². The van der Waals surface area contributed by atoms with Crippen molar-refractivity contribution in [3.8, 4) is 0 Å². The number of para-hydroxylation sites is 1. The molecule has 1 heterocycles. The van der Waals surface area contributed by atoms with Crippen LogP contribution in [0.3, 0.4) is 0 Å². The summed E-state index contributed by atoms with van der Waals surface area (Å²) in [5.41, 5.74) is 1.67. The number of benzene rings is 2. The van der Waals surface area contributed by atoms with E-state index in [0.717, 1.165) is 30.4 Å². The summed E-state index contributed by atoms with van der Waals surface area (Å²) in [6.45, 7) is 0. The zero-order valence-corrected chi connectivity index (χ0v) is 17.3. The molecule has 0 saturated heterocycles. The van der Waals surface area contributed by atoms with Gasteiger partial charge in [0.1, 0.15) is 0 Å². The topological polar surface area (TPSA) is 101 Å². The number of sulfonamides is 1. The second-order valence-electron chi connectivity index (χ2n) is 7.74. The van der Waals surface area contributed by atoms with E-state index in [1.54, 1.807) is 0 Å². The fraction of sp³-hybridized carbons (Fsp3) is 0.364. The quantitative estimate of drug-likeness (QED) is 0.578. The molecule has 2 aliphatic rings. The monoisotopic (exact) mass is 428 g/mol. The highest BCUT2D eigenvalue weighted by Gasteiger charge is 2.43. The van der Waals surface area contributed by atoms with Crippen LogP contribution >= 0.6 is 0 Å². The molecule has 1 aliphatic heterocycles. The Morgan fingerprint density at radius 1 is 0.967 bits per heavy atom. The van der Waals surface area contributed by atoms with Gasteiger partial charge in [-0.15, -0.1) is 0 Å². The first kappa shape index (κ1) is 20.6. The number of nitro groups is 1. The Balaban J connectivity index is 1.94. The Morgan fingerprint density at radius 2 is 1.63 bits per heavy atom. The molecule has 0 radical (unpaired) electrons. The summed E-state index contributed by atoms with van der Waals surface area (Å²) in [4.78, 5) is 10.6. The third kappa shape index (κ3) is 3.61. The molecule has 0 unspecified atom stereocenters. The van der Waals surface area contributed by atoms with Crippen molar-refractivity contribution in [3.63, 3.8) is 0 Å². The molecule has 2 aromatic carbocycles. The lowest BCUT2D eigenvalue weighted by atomic mass is 9.89. The minimum absolute atomic E-state index is 0.225. The minimum atomic E-state index is -4.22. The van der Waals surface area contributed by atoms with Crippen molar-refractivity contribution in [2.75, 3.05) is 0 Å². The van der Waals surface area contributed by atoms with Crippen LogP contribution in [0.1, 0.15) is 50.1 Å². The van der Waals surface area contributed by atoms with Gasteiger partial charge in [0.25, 0.3) is 15.7 Å². The van der Waals surface area contributed by atoms with Crippen LogP contribution in [0.5, 0.6) is 0 Å². The molecule has 2 atom stereocenters. The van der Waals surface area contributed by atoms with Crippen molar-refractivity contribution < 1.29 is 18.4 Å². The van der Waals surface area contributed by atoms with E-state index in [1.807, 2.05) is 30.3 Å². The number of aliphatic hydroxyl groups excluding tert-OH is 1. The molecule has 0 fully saturated rings. The van der Waals surface area contributed by atoms with E-state index in [1.165, 1.54) is 28.6 Å². The Morgan fingerprint density at radius 3 is 2.37 bits per heavy atom. The summed E-state index contributed by atoms with van der Waals surface area (Å²) in [5.74, 6) is 0. The van der Waals surface area contributed by atoms with Crippen LogP contribution in [-0.4, -0.2) is 28.9 Å². The minimum Gasteiger partial charge on any atom is -0.389 e. The van der Waals surface area contributed by atoms with Crippen LogP contribution in [0.15, 0.2) is 70.8 Å². The number of hydrogen-bond acceptors (Lipinski definition) is 5. The lowest BCUT2D eigenvalue weighted by Crippen LogP contribution is -2.41. The molecule has 1 N–H and O–H groups in total. The molecule has 4 rings (SSSR count). The largest absolute Gasteiger partial charge is 0.389 e. The molecule has 0 amide bonds. The summed E-state index contributed by atoms with van der Waals surface area (Å²) < 4.78 is 29.1. The second kappa shape index (κ2) is 8.20. The number of rotatable bonds is 4. The van der Waals surface area contributed by atoms with Crippen molar-refractivity contribution in [3.05, 3.63) is 81.5 Å². The number of nitro benzene ring substituents is 1. The number of nitrogens with zero attached hydrogens (tertiary/aromatic N) is 2. The summed E-state index contributed by atoms with van der Waals surface area (Å²) in [6.07, 6.45) is 3.33. The fourth-order valence-electron chi connectivity index (χ4n) is 4.53. The van der Waals surface area contributed by atoms with Gasteiger partial charge in [-0.25, -0.2) is 8.42 Å². The maximum absolute atomic E-state index is 13.9. The Labute approximate surface area is 175 Å². The molecular weight excluding hydrogens is 404 g/mol. The lowest BCUT2D eigenvalue weighted by molar-refractivity contribution is -0.387. The maximum Gasteiger partial charge on any atom is 0.289 e. The van der Waals surface area contributed by atoms with Crippen LogP contribution in [0.2, 0.25) is 0 Å². The first-order valence-electron chi connectivity index (χ1n) is 10.1. The van der Waals surface area contributed by atoms with Gasteiger partial charge in [-0.2, -0.15) is 0 Å². The molecule has 0 saturated carbocycles. The smallest absolute Gasteiger partial charge is 0.289 e. The second-order valence-corrected chi connectivity index (χ2v) is 9.52. The van der Waals surface area contributed by atoms with Crippen molar-refractivity contribution >= 4 is 15.7 Å². The van der Waals surface area contributed by atoms with Crippen molar-refractivity contribution in [2.24, 2.45) is 0 Å². The van der Waals surface area contributed by atoms with Crippen LogP contribution in [-0.2, 0) is 10.0 Å². The van der Waals surface area contributed by atoms with Crippen molar-refractivity contribution in [2.45, 2.75) is 55.6 Å². The van der Waals surface area contributed by atoms with E-state index in [4.69, 9.17) is 0 Å². The zero-order chi connectivity index (χ0) is 21.3. The third-order valence-corrected chi connectivity index (χ3v) is 7.81. The van der Waals surface area contributed by atoms with Gasteiger partial charge in [-0.3, -0.25) is 14.4 Å². The van der Waals surface area contributed by atoms with Gasteiger partial charge in [0.2, 0.25) is 0 Å². The van der Waals surface area contributed by atoms with Gasteiger partial charge in [-0.1, -0.05) is 48.9 Å². The van der Waals surface area contributed by atoms with E-state index < -0.39 is 32.8 Å². The van der Waals surface area contributed by atoms with E-state index in [0.29, 0.717) is 18.5 Å². The van der Waals surface area contributed by atoms with Crippen molar-refractivity contribution in [1.29, 1.82) is 0 Å². The summed E-state index contributed by atoms with van der Waals surface area (Å²) >= 11 is 0. The average molecular weight is 429 g/mol. The fourth-order valence-corrected chi connectivity index (χ4v) is 6.44. The molecule has 158 valence electrons. The molecule has 8 heteroatoms. The van der Waals surface area contributed by atoms with Crippen molar-refractivity contribution in [1.82, 2.24) is 4.31 Å². The summed E-state index contributed by atoms with van der Waals surface area (Å²) in [7, 11) is -4.22. The van der Waals surface area contributed by atoms with Gasteiger partial charge in [0.15, 0.2) is 4.90 Å². The molecule has 30 heavy (non-hydrogen) atoms. The van der Waals surface area contributed by atoms with E-state index in [-0.39, 0.29) is 11.3 Å². The number of aliphatic hydroxyl groups is 1. The van der Waals surface area contributed by atoms with Gasteiger partial charge < -0.3 is 5.11 Å². The van der Waals surface area contributed by atoms with Crippen LogP contribution < -0.4 is 0 Å². The van der Waals surface area contributed by atoms with E-state index >= 15 is 0 Å².